The van der Waals surface area contributed by atoms with Crippen LogP contribution in [-0.2, 0) is 4.79 Å². The number of piperidine rings is 1. The molecule has 0 unspecified atom stereocenters. The van der Waals surface area contributed by atoms with Gasteiger partial charge in [0.05, 0.1) is 11.6 Å². The molecule has 1 heterocycles. The van der Waals surface area contributed by atoms with Crippen LogP contribution in [-0.4, -0.2) is 35.8 Å². The van der Waals surface area contributed by atoms with Crippen molar-refractivity contribution in [3.8, 4) is 6.07 Å². The lowest BCUT2D eigenvalue weighted by Gasteiger charge is -2.32. The number of nitriles is 1. The van der Waals surface area contributed by atoms with Gasteiger partial charge in [-0.1, -0.05) is 12.1 Å². The Kier molecular flexibility index (Phi) is 5.34. The SMILES string of the molecule is N#CCC(=O)NC1CCN(C(=O)c2ccccc2Br)CC1. The third kappa shape index (κ3) is 4.05. The summed E-state index contributed by atoms with van der Waals surface area (Å²) < 4.78 is 0.791. The number of amides is 2. The molecule has 0 spiro atoms. The summed E-state index contributed by atoms with van der Waals surface area (Å²) in [6.45, 7) is 1.22. The Morgan fingerprint density at radius 3 is 2.62 bits per heavy atom. The van der Waals surface area contributed by atoms with Crippen molar-refractivity contribution in [3.05, 3.63) is 34.3 Å². The van der Waals surface area contributed by atoms with Crippen molar-refractivity contribution in [1.82, 2.24) is 10.2 Å². The highest BCUT2D eigenvalue weighted by Gasteiger charge is 2.25. The van der Waals surface area contributed by atoms with E-state index in [1.807, 2.05) is 24.3 Å². The molecule has 1 saturated heterocycles. The molecule has 0 bridgehead atoms. The average Bonchev–Trinajstić information content (AvgIpc) is 2.48. The third-order valence-corrected chi connectivity index (χ3v) is 4.18. The van der Waals surface area contributed by atoms with Gasteiger partial charge in [-0.15, -0.1) is 0 Å². The maximum atomic E-state index is 12.4. The van der Waals surface area contributed by atoms with Crippen molar-refractivity contribution in [3.63, 3.8) is 0 Å². The lowest BCUT2D eigenvalue weighted by atomic mass is 10.0. The van der Waals surface area contributed by atoms with E-state index in [1.165, 1.54) is 0 Å². The van der Waals surface area contributed by atoms with Crippen LogP contribution in [0.3, 0.4) is 0 Å². The number of hydrogen-bond donors (Lipinski definition) is 1. The summed E-state index contributed by atoms with van der Waals surface area (Å²) in [5.41, 5.74) is 0.657. The van der Waals surface area contributed by atoms with E-state index in [0.29, 0.717) is 31.5 Å². The molecule has 0 atom stereocenters. The maximum Gasteiger partial charge on any atom is 0.254 e. The molecule has 1 aliphatic rings. The van der Waals surface area contributed by atoms with E-state index in [0.717, 1.165) is 4.47 Å². The fourth-order valence-electron chi connectivity index (χ4n) is 2.38. The molecule has 1 aliphatic heterocycles. The molecule has 21 heavy (non-hydrogen) atoms. The second kappa shape index (κ2) is 7.23. The molecule has 1 aromatic rings. The Morgan fingerprint density at radius 1 is 1.33 bits per heavy atom. The standard InChI is InChI=1S/C15H16BrN3O2/c16-13-4-2-1-3-12(13)15(21)19-9-6-11(7-10-19)18-14(20)5-8-17/h1-4,11H,5-7,9-10H2,(H,18,20). The van der Waals surface area contributed by atoms with Crippen LogP contribution in [0.5, 0.6) is 0 Å². The lowest BCUT2D eigenvalue weighted by molar-refractivity contribution is -0.121. The lowest BCUT2D eigenvalue weighted by Crippen LogP contribution is -2.46. The van der Waals surface area contributed by atoms with Gasteiger partial charge in [0.25, 0.3) is 5.91 Å². The zero-order chi connectivity index (χ0) is 15.2. The van der Waals surface area contributed by atoms with Gasteiger partial charge < -0.3 is 10.2 Å². The molecule has 1 N–H and O–H groups in total. The number of carbonyl (C=O) groups excluding carboxylic acids is 2. The van der Waals surface area contributed by atoms with Gasteiger partial charge >= 0.3 is 0 Å². The maximum absolute atomic E-state index is 12.4. The van der Waals surface area contributed by atoms with E-state index in [1.54, 1.807) is 11.0 Å². The van der Waals surface area contributed by atoms with Gasteiger partial charge in [-0.2, -0.15) is 5.26 Å². The molecular weight excluding hydrogens is 334 g/mol. The van der Waals surface area contributed by atoms with Crippen LogP contribution in [0.1, 0.15) is 29.6 Å². The molecule has 1 fully saturated rings. The third-order valence-electron chi connectivity index (χ3n) is 3.49. The van der Waals surface area contributed by atoms with Crippen molar-refractivity contribution < 1.29 is 9.59 Å². The first-order valence-electron chi connectivity index (χ1n) is 6.82. The predicted octanol–water partition coefficient (Wildman–Crippen LogP) is 2.08. The van der Waals surface area contributed by atoms with Gasteiger partial charge in [0.2, 0.25) is 5.91 Å². The van der Waals surface area contributed by atoms with E-state index in [-0.39, 0.29) is 24.3 Å². The zero-order valence-corrected chi connectivity index (χ0v) is 13.1. The topological polar surface area (TPSA) is 73.2 Å². The van der Waals surface area contributed by atoms with Crippen LogP contribution in [0.4, 0.5) is 0 Å². The number of carbonyl (C=O) groups is 2. The van der Waals surface area contributed by atoms with Crippen LogP contribution in [0.25, 0.3) is 0 Å². The minimum absolute atomic E-state index is 0.00396. The summed E-state index contributed by atoms with van der Waals surface area (Å²) in [5, 5.41) is 11.3. The predicted molar refractivity (Wildman–Crippen MR) is 81.4 cm³/mol. The summed E-state index contributed by atoms with van der Waals surface area (Å²) in [7, 11) is 0. The van der Waals surface area contributed by atoms with Crippen LogP contribution in [0.2, 0.25) is 0 Å². The Balaban J connectivity index is 1.90. The second-order valence-electron chi connectivity index (χ2n) is 4.95. The first-order chi connectivity index (χ1) is 10.1. The molecule has 0 radical (unpaired) electrons. The molecule has 2 amide bonds. The van der Waals surface area contributed by atoms with Crippen LogP contribution < -0.4 is 5.32 Å². The molecule has 1 aromatic carbocycles. The summed E-state index contributed by atoms with van der Waals surface area (Å²) in [6.07, 6.45) is 1.32. The molecule has 0 saturated carbocycles. The number of nitrogens with one attached hydrogen (secondary N) is 1. The van der Waals surface area contributed by atoms with Crippen molar-refractivity contribution in [2.24, 2.45) is 0 Å². The highest BCUT2D eigenvalue weighted by atomic mass is 79.9. The summed E-state index contributed by atoms with van der Waals surface area (Å²) in [5.74, 6) is -0.239. The minimum Gasteiger partial charge on any atom is -0.352 e. The van der Waals surface area contributed by atoms with E-state index in [4.69, 9.17) is 5.26 Å². The number of rotatable bonds is 3. The Labute approximate surface area is 132 Å². The van der Waals surface area contributed by atoms with Crippen molar-refractivity contribution in [2.75, 3.05) is 13.1 Å². The van der Waals surface area contributed by atoms with Crippen LogP contribution in [0.15, 0.2) is 28.7 Å². The van der Waals surface area contributed by atoms with Crippen LogP contribution >= 0.6 is 15.9 Å². The summed E-state index contributed by atoms with van der Waals surface area (Å²) >= 11 is 3.39. The Morgan fingerprint density at radius 2 is 2.00 bits per heavy atom. The second-order valence-corrected chi connectivity index (χ2v) is 5.80. The molecule has 0 aromatic heterocycles. The number of nitrogens with zero attached hydrogens (tertiary/aromatic N) is 2. The summed E-state index contributed by atoms with van der Waals surface area (Å²) in [6, 6.07) is 9.24. The van der Waals surface area contributed by atoms with E-state index in [2.05, 4.69) is 21.2 Å². The van der Waals surface area contributed by atoms with E-state index >= 15 is 0 Å². The molecular formula is C15H16BrN3O2. The molecule has 6 heteroatoms. The first-order valence-corrected chi connectivity index (χ1v) is 7.61. The smallest absolute Gasteiger partial charge is 0.254 e. The zero-order valence-electron chi connectivity index (χ0n) is 11.5. The van der Waals surface area contributed by atoms with Gasteiger partial charge in [0.15, 0.2) is 0 Å². The van der Waals surface area contributed by atoms with Gasteiger partial charge in [0.1, 0.15) is 6.42 Å². The molecule has 0 aliphatic carbocycles. The van der Waals surface area contributed by atoms with E-state index in [9.17, 15) is 9.59 Å². The highest BCUT2D eigenvalue weighted by molar-refractivity contribution is 9.10. The number of hydrogen-bond acceptors (Lipinski definition) is 3. The first kappa shape index (κ1) is 15.5. The van der Waals surface area contributed by atoms with Crippen LogP contribution in [0, 0.1) is 11.3 Å². The molecule has 5 nitrogen and oxygen atoms in total. The normalized spacial score (nSPS) is 15.3. The number of benzene rings is 1. The number of halogens is 1. The van der Waals surface area contributed by atoms with E-state index < -0.39 is 0 Å². The van der Waals surface area contributed by atoms with Crippen molar-refractivity contribution >= 4 is 27.7 Å². The van der Waals surface area contributed by atoms with Gasteiger partial charge in [-0.05, 0) is 40.9 Å². The van der Waals surface area contributed by atoms with Crippen molar-refractivity contribution in [1.29, 1.82) is 5.26 Å². The van der Waals surface area contributed by atoms with Gasteiger partial charge in [0, 0.05) is 23.6 Å². The Bertz CT molecular complexity index is 575. The van der Waals surface area contributed by atoms with Gasteiger partial charge in [-0.3, -0.25) is 9.59 Å². The minimum atomic E-state index is -0.243. The molecule has 2 rings (SSSR count). The number of likely N-dealkylation sites (tertiary alicyclic amines) is 1. The highest BCUT2D eigenvalue weighted by Crippen LogP contribution is 2.20. The fraction of sp³-hybridized carbons (Fsp3) is 0.400. The van der Waals surface area contributed by atoms with Gasteiger partial charge in [-0.25, -0.2) is 0 Å². The fourth-order valence-corrected chi connectivity index (χ4v) is 2.84. The van der Waals surface area contributed by atoms with Crippen molar-refractivity contribution in [2.45, 2.75) is 25.3 Å². The molecule has 110 valence electrons. The quantitative estimate of drug-likeness (QED) is 0.907. The Hall–Kier alpha value is -1.87. The largest absolute Gasteiger partial charge is 0.352 e. The average molecular weight is 350 g/mol. The monoisotopic (exact) mass is 349 g/mol. The summed E-state index contributed by atoms with van der Waals surface area (Å²) in [4.78, 5) is 25.6.